The number of aryl methyl sites for hydroxylation is 1. The van der Waals surface area contributed by atoms with Crippen LogP contribution in [0.1, 0.15) is 57.6 Å². The van der Waals surface area contributed by atoms with Gasteiger partial charge in [-0.3, -0.25) is 9.69 Å². The van der Waals surface area contributed by atoms with Crippen LogP contribution in [0.4, 0.5) is 0 Å². The number of hydrogen-bond acceptors (Lipinski definition) is 2. The monoisotopic (exact) mass is 398 g/mol. The molecule has 0 saturated heterocycles. The second kappa shape index (κ2) is 9.27. The third-order valence-electron chi connectivity index (χ3n) is 6.03. The van der Waals surface area contributed by atoms with Crippen LogP contribution >= 0.6 is 0 Å². The van der Waals surface area contributed by atoms with Crippen LogP contribution in [0, 0.1) is 6.92 Å². The Morgan fingerprint density at radius 3 is 2.37 bits per heavy atom. The molecule has 3 nitrogen and oxygen atoms in total. The number of hydrogen-bond donors (Lipinski definition) is 1. The SMILES string of the molecule is CCC(NC(=O)c1ccc(CN2CCc3ccccc3C2)cc1)c1ccc(C)cc1. The van der Waals surface area contributed by atoms with E-state index in [4.69, 9.17) is 0 Å². The Labute approximate surface area is 179 Å². The molecule has 30 heavy (non-hydrogen) atoms. The number of nitrogens with one attached hydrogen (secondary N) is 1. The lowest BCUT2D eigenvalue weighted by molar-refractivity contribution is 0.0935. The zero-order valence-electron chi connectivity index (χ0n) is 17.9. The van der Waals surface area contributed by atoms with E-state index in [0.29, 0.717) is 5.56 Å². The highest BCUT2D eigenvalue weighted by molar-refractivity contribution is 5.94. The van der Waals surface area contributed by atoms with Gasteiger partial charge in [-0.1, -0.05) is 73.2 Å². The van der Waals surface area contributed by atoms with Gasteiger partial charge >= 0.3 is 0 Å². The Balaban J connectivity index is 1.37. The molecule has 1 atom stereocenters. The van der Waals surface area contributed by atoms with E-state index in [-0.39, 0.29) is 11.9 Å². The zero-order chi connectivity index (χ0) is 20.9. The van der Waals surface area contributed by atoms with Crippen molar-refractivity contribution in [3.05, 3.63) is 106 Å². The zero-order valence-corrected chi connectivity index (χ0v) is 17.9. The van der Waals surface area contributed by atoms with Gasteiger partial charge in [0, 0.05) is 25.2 Å². The van der Waals surface area contributed by atoms with Crippen LogP contribution in [0.25, 0.3) is 0 Å². The minimum atomic E-state index is -0.0131. The number of amides is 1. The highest BCUT2D eigenvalue weighted by atomic mass is 16.1. The lowest BCUT2D eigenvalue weighted by Crippen LogP contribution is -2.30. The van der Waals surface area contributed by atoms with Crippen molar-refractivity contribution in [3.63, 3.8) is 0 Å². The normalized spacial score (nSPS) is 14.7. The number of rotatable bonds is 6. The topological polar surface area (TPSA) is 32.3 Å². The highest BCUT2D eigenvalue weighted by Crippen LogP contribution is 2.21. The Bertz CT molecular complexity index is 992. The van der Waals surface area contributed by atoms with E-state index in [1.165, 1.54) is 22.3 Å². The molecule has 1 amide bonds. The second-order valence-electron chi connectivity index (χ2n) is 8.27. The molecule has 3 aromatic carbocycles. The van der Waals surface area contributed by atoms with Crippen molar-refractivity contribution < 1.29 is 4.79 Å². The summed E-state index contributed by atoms with van der Waals surface area (Å²) < 4.78 is 0. The summed E-state index contributed by atoms with van der Waals surface area (Å²) in [6, 6.07) is 25.2. The van der Waals surface area contributed by atoms with Crippen molar-refractivity contribution in [3.8, 4) is 0 Å². The van der Waals surface area contributed by atoms with Gasteiger partial charge in [0.25, 0.3) is 5.91 Å². The van der Waals surface area contributed by atoms with Gasteiger partial charge in [-0.15, -0.1) is 0 Å². The summed E-state index contributed by atoms with van der Waals surface area (Å²) in [6.07, 6.45) is 1.97. The molecular formula is C27H30N2O. The maximum absolute atomic E-state index is 12.8. The van der Waals surface area contributed by atoms with Gasteiger partial charge in [0.05, 0.1) is 6.04 Å². The Hall–Kier alpha value is -2.91. The summed E-state index contributed by atoms with van der Waals surface area (Å²) in [7, 11) is 0. The fourth-order valence-corrected chi connectivity index (χ4v) is 4.17. The first-order valence-corrected chi connectivity index (χ1v) is 10.9. The fraction of sp³-hybridized carbons (Fsp3) is 0.296. The van der Waals surface area contributed by atoms with Gasteiger partial charge in [0.1, 0.15) is 0 Å². The minimum Gasteiger partial charge on any atom is -0.345 e. The van der Waals surface area contributed by atoms with E-state index < -0.39 is 0 Å². The molecule has 3 aromatic rings. The molecular weight excluding hydrogens is 368 g/mol. The van der Waals surface area contributed by atoms with E-state index >= 15 is 0 Å². The van der Waals surface area contributed by atoms with Crippen molar-refractivity contribution in [2.24, 2.45) is 0 Å². The van der Waals surface area contributed by atoms with E-state index in [0.717, 1.165) is 38.0 Å². The molecule has 3 heteroatoms. The third kappa shape index (κ3) is 4.80. The smallest absolute Gasteiger partial charge is 0.251 e. The first-order chi connectivity index (χ1) is 14.6. The van der Waals surface area contributed by atoms with Crippen LogP contribution in [0.2, 0.25) is 0 Å². The van der Waals surface area contributed by atoms with Crippen LogP contribution in [0.3, 0.4) is 0 Å². The summed E-state index contributed by atoms with van der Waals surface area (Å²) >= 11 is 0. The summed E-state index contributed by atoms with van der Waals surface area (Å²) in [5.74, 6) is -0.0131. The largest absolute Gasteiger partial charge is 0.345 e. The Morgan fingerprint density at radius 1 is 0.967 bits per heavy atom. The molecule has 0 fully saturated rings. The first kappa shape index (κ1) is 20.4. The molecule has 4 rings (SSSR count). The number of nitrogens with zero attached hydrogens (tertiary/aromatic N) is 1. The van der Waals surface area contributed by atoms with E-state index in [2.05, 4.69) is 84.7 Å². The number of carbonyl (C=O) groups excluding carboxylic acids is 1. The van der Waals surface area contributed by atoms with Gasteiger partial charge in [0.15, 0.2) is 0 Å². The van der Waals surface area contributed by atoms with Crippen LogP contribution in [0.15, 0.2) is 72.8 Å². The molecule has 0 aliphatic carbocycles. The van der Waals surface area contributed by atoms with Gasteiger partial charge in [-0.05, 0) is 54.2 Å². The highest BCUT2D eigenvalue weighted by Gasteiger charge is 2.17. The number of benzene rings is 3. The summed E-state index contributed by atoms with van der Waals surface area (Å²) in [5.41, 5.74) is 7.25. The minimum absolute atomic E-state index is 0.0131. The van der Waals surface area contributed by atoms with Crippen molar-refractivity contribution in [2.45, 2.75) is 45.8 Å². The van der Waals surface area contributed by atoms with Crippen molar-refractivity contribution in [1.82, 2.24) is 10.2 Å². The van der Waals surface area contributed by atoms with Gasteiger partial charge in [-0.2, -0.15) is 0 Å². The average molecular weight is 399 g/mol. The average Bonchev–Trinajstić information content (AvgIpc) is 2.78. The second-order valence-corrected chi connectivity index (χ2v) is 8.27. The van der Waals surface area contributed by atoms with Crippen LogP contribution < -0.4 is 5.32 Å². The molecule has 0 bridgehead atoms. The summed E-state index contributed by atoms with van der Waals surface area (Å²) in [4.78, 5) is 15.2. The predicted molar refractivity (Wildman–Crippen MR) is 122 cm³/mol. The van der Waals surface area contributed by atoms with Gasteiger partial charge in [-0.25, -0.2) is 0 Å². The van der Waals surface area contributed by atoms with Crippen molar-refractivity contribution in [1.29, 1.82) is 0 Å². The third-order valence-corrected chi connectivity index (χ3v) is 6.03. The molecule has 0 spiro atoms. The molecule has 1 heterocycles. The molecule has 0 aromatic heterocycles. The standard InChI is InChI=1S/C27H30N2O/c1-3-26(23-12-8-20(2)9-13-23)28-27(30)24-14-10-21(11-15-24)18-29-17-16-22-6-4-5-7-25(22)19-29/h4-15,26H,3,16-19H2,1-2H3,(H,28,30). The molecule has 1 aliphatic heterocycles. The molecule has 1 aliphatic rings. The van der Waals surface area contributed by atoms with Gasteiger partial charge < -0.3 is 5.32 Å². The fourth-order valence-electron chi connectivity index (χ4n) is 4.17. The quantitative estimate of drug-likeness (QED) is 0.600. The predicted octanol–water partition coefficient (Wildman–Crippen LogP) is 5.43. The van der Waals surface area contributed by atoms with Crippen LogP contribution in [-0.2, 0) is 19.5 Å². The molecule has 0 radical (unpaired) electrons. The van der Waals surface area contributed by atoms with E-state index in [1.807, 2.05) is 12.1 Å². The Kier molecular flexibility index (Phi) is 6.29. The van der Waals surface area contributed by atoms with Crippen molar-refractivity contribution in [2.75, 3.05) is 6.54 Å². The van der Waals surface area contributed by atoms with E-state index in [9.17, 15) is 4.79 Å². The van der Waals surface area contributed by atoms with Crippen molar-refractivity contribution >= 4 is 5.91 Å². The lowest BCUT2D eigenvalue weighted by atomic mass is 9.99. The maximum Gasteiger partial charge on any atom is 0.251 e. The molecule has 1 N–H and O–H groups in total. The van der Waals surface area contributed by atoms with Crippen LogP contribution in [0.5, 0.6) is 0 Å². The molecule has 154 valence electrons. The number of carbonyl (C=O) groups is 1. The Morgan fingerprint density at radius 2 is 1.67 bits per heavy atom. The summed E-state index contributed by atoms with van der Waals surface area (Å²) in [5, 5.41) is 3.18. The van der Waals surface area contributed by atoms with Gasteiger partial charge in [0.2, 0.25) is 0 Å². The maximum atomic E-state index is 12.8. The number of fused-ring (bicyclic) bond motifs is 1. The lowest BCUT2D eigenvalue weighted by Gasteiger charge is -2.28. The van der Waals surface area contributed by atoms with Crippen LogP contribution in [-0.4, -0.2) is 17.4 Å². The van der Waals surface area contributed by atoms with E-state index in [1.54, 1.807) is 0 Å². The first-order valence-electron chi connectivity index (χ1n) is 10.9. The molecule has 1 unspecified atom stereocenters. The molecule has 0 saturated carbocycles. The summed E-state index contributed by atoms with van der Waals surface area (Å²) in [6.45, 7) is 7.16.